The molecule has 146 valence electrons. The zero-order valence-corrected chi connectivity index (χ0v) is 15.9. The molecule has 0 bridgehead atoms. The maximum atomic E-state index is 8.79. The molecule has 4 rings (SSSR count). The smallest absolute Gasteiger partial charge is 0.163 e. The van der Waals surface area contributed by atoms with Crippen molar-refractivity contribution in [2.75, 3.05) is 57.4 Å². The van der Waals surface area contributed by atoms with E-state index in [1.807, 2.05) is 30.3 Å². The van der Waals surface area contributed by atoms with Gasteiger partial charge in [0.1, 0.15) is 5.82 Å². The number of anilines is 1. The molecule has 1 fully saturated rings. The standard InChI is InChI=1S/C21H25N5O2/c27-13-15-28-14-12-25-8-10-26(11-9-25)21-18-5-1-2-6-19(18)23-20(24-21)17-4-3-7-22-16-17/h1-7,16,27H,8-15H2. The van der Waals surface area contributed by atoms with Gasteiger partial charge in [0.15, 0.2) is 5.82 Å². The van der Waals surface area contributed by atoms with Crippen molar-refractivity contribution in [1.82, 2.24) is 19.9 Å². The minimum Gasteiger partial charge on any atom is -0.394 e. The topological polar surface area (TPSA) is 74.6 Å². The zero-order valence-electron chi connectivity index (χ0n) is 15.9. The molecule has 0 radical (unpaired) electrons. The number of aromatic nitrogens is 3. The number of pyridine rings is 1. The van der Waals surface area contributed by atoms with E-state index in [0.717, 1.165) is 55.0 Å². The number of fused-ring (bicyclic) bond motifs is 1. The largest absolute Gasteiger partial charge is 0.394 e. The van der Waals surface area contributed by atoms with E-state index in [2.05, 4.69) is 20.9 Å². The van der Waals surface area contributed by atoms with E-state index in [-0.39, 0.29) is 6.61 Å². The fourth-order valence-corrected chi connectivity index (χ4v) is 3.47. The number of aliphatic hydroxyl groups is 1. The minimum atomic E-state index is 0.0772. The zero-order chi connectivity index (χ0) is 19.2. The van der Waals surface area contributed by atoms with Gasteiger partial charge in [-0.3, -0.25) is 9.88 Å². The summed E-state index contributed by atoms with van der Waals surface area (Å²) in [6, 6.07) is 12.1. The molecule has 0 spiro atoms. The van der Waals surface area contributed by atoms with Crippen LogP contribution in [0.2, 0.25) is 0 Å². The summed E-state index contributed by atoms with van der Waals surface area (Å²) < 4.78 is 5.39. The van der Waals surface area contributed by atoms with Gasteiger partial charge in [-0.05, 0) is 24.3 Å². The first-order chi connectivity index (χ1) is 13.8. The third-order valence-electron chi connectivity index (χ3n) is 4.96. The summed E-state index contributed by atoms with van der Waals surface area (Å²) in [6.45, 7) is 5.77. The summed E-state index contributed by atoms with van der Waals surface area (Å²) in [5.41, 5.74) is 1.88. The highest BCUT2D eigenvalue weighted by Crippen LogP contribution is 2.28. The lowest BCUT2D eigenvalue weighted by atomic mass is 10.2. The Hall–Kier alpha value is -2.61. The summed E-state index contributed by atoms with van der Waals surface area (Å²) in [5, 5.41) is 9.87. The van der Waals surface area contributed by atoms with Gasteiger partial charge < -0.3 is 14.7 Å². The average molecular weight is 379 g/mol. The van der Waals surface area contributed by atoms with Crippen LogP contribution in [0.4, 0.5) is 5.82 Å². The Morgan fingerprint density at radius 2 is 1.82 bits per heavy atom. The number of para-hydroxylation sites is 1. The fourth-order valence-electron chi connectivity index (χ4n) is 3.47. The van der Waals surface area contributed by atoms with Crippen molar-refractivity contribution in [2.24, 2.45) is 0 Å². The molecule has 7 nitrogen and oxygen atoms in total. The molecule has 3 heterocycles. The van der Waals surface area contributed by atoms with Crippen LogP contribution in [0.3, 0.4) is 0 Å². The Morgan fingerprint density at radius 3 is 2.61 bits per heavy atom. The highest BCUT2D eigenvalue weighted by Gasteiger charge is 2.21. The second-order valence-corrected chi connectivity index (χ2v) is 6.79. The number of hydrogen-bond donors (Lipinski definition) is 1. The number of rotatable bonds is 7. The summed E-state index contributed by atoms with van der Waals surface area (Å²) >= 11 is 0. The van der Waals surface area contributed by atoms with Gasteiger partial charge in [-0.25, -0.2) is 9.97 Å². The molecule has 1 aliphatic heterocycles. The number of hydrogen-bond acceptors (Lipinski definition) is 7. The average Bonchev–Trinajstić information content (AvgIpc) is 2.77. The molecular weight excluding hydrogens is 354 g/mol. The van der Waals surface area contributed by atoms with Crippen molar-refractivity contribution in [1.29, 1.82) is 0 Å². The van der Waals surface area contributed by atoms with Crippen LogP contribution in [0, 0.1) is 0 Å². The molecule has 1 aromatic carbocycles. The van der Waals surface area contributed by atoms with Crippen molar-refractivity contribution in [3.05, 3.63) is 48.8 Å². The van der Waals surface area contributed by atoms with E-state index in [0.29, 0.717) is 19.0 Å². The molecule has 1 aliphatic rings. The second-order valence-electron chi connectivity index (χ2n) is 6.79. The lowest BCUT2D eigenvalue weighted by Gasteiger charge is -2.35. The van der Waals surface area contributed by atoms with Crippen LogP contribution in [0.25, 0.3) is 22.3 Å². The van der Waals surface area contributed by atoms with Crippen LogP contribution in [0.5, 0.6) is 0 Å². The molecule has 0 saturated carbocycles. The van der Waals surface area contributed by atoms with Crippen molar-refractivity contribution in [3.63, 3.8) is 0 Å². The van der Waals surface area contributed by atoms with Crippen molar-refractivity contribution < 1.29 is 9.84 Å². The van der Waals surface area contributed by atoms with E-state index in [1.165, 1.54) is 0 Å². The third-order valence-corrected chi connectivity index (χ3v) is 4.96. The lowest BCUT2D eigenvalue weighted by Crippen LogP contribution is -2.47. The van der Waals surface area contributed by atoms with Gasteiger partial charge in [0.05, 0.1) is 25.3 Å². The number of aliphatic hydroxyl groups excluding tert-OH is 1. The first-order valence-electron chi connectivity index (χ1n) is 9.68. The van der Waals surface area contributed by atoms with Gasteiger partial charge >= 0.3 is 0 Å². The molecular formula is C21H25N5O2. The van der Waals surface area contributed by atoms with E-state index >= 15 is 0 Å². The molecule has 28 heavy (non-hydrogen) atoms. The van der Waals surface area contributed by atoms with Crippen LogP contribution in [-0.4, -0.2) is 77.5 Å². The quantitative estimate of drug-likeness (QED) is 0.628. The lowest BCUT2D eigenvalue weighted by molar-refractivity contribution is 0.0724. The second kappa shape index (κ2) is 9.05. The number of nitrogens with zero attached hydrogens (tertiary/aromatic N) is 5. The maximum absolute atomic E-state index is 8.79. The van der Waals surface area contributed by atoms with Gasteiger partial charge in [-0.15, -0.1) is 0 Å². The summed E-state index contributed by atoms with van der Waals surface area (Å²) in [4.78, 5) is 18.6. The van der Waals surface area contributed by atoms with Crippen molar-refractivity contribution >= 4 is 16.7 Å². The fraction of sp³-hybridized carbons (Fsp3) is 0.381. The third kappa shape index (κ3) is 4.27. The minimum absolute atomic E-state index is 0.0772. The first-order valence-corrected chi connectivity index (χ1v) is 9.68. The van der Waals surface area contributed by atoms with Crippen LogP contribution in [0.1, 0.15) is 0 Å². The predicted molar refractivity (Wildman–Crippen MR) is 109 cm³/mol. The Morgan fingerprint density at radius 1 is 0.964 bits per heavy atom. The summed E-state index contributed by atoms with van der Waals surface area (Å²) in [7, 11) is 0. The van der Waals surface area contributed by atoms with E-state index in [1.54, 1.807) is 12.4 Å². The first kappa shape index (κ1) is 18.7. The van der Waals surface area contributed by atoms with Crippen LogP contribution >= 0.6 is 0 Å². The Balaban J connectivity index is 1.54. The normalized spacial score (nSPS) is 15.2. The summed E-state index contributed by atoms with van der Waals surface area (Å²) in [6.07, 6.45) is 3.56. The molecule has 0 amide bonds. The van der Waals surface area contributed by atoms with Gasteiger partial charge in [0.2, 0.25) is 0 Å². The molecule has 3 aromatic rings. The van der Waals surface area contributed by atoms with Crippen LogP contribution in [-0.2, 0) is 4.74 Å². The Bertz CT molecular complexity index is 898. The highest BCUT2D eigenvalue weighted by atomic mass is 16.5. The van der Waals surface area contributed by atoms with E-state index < -0.39 is 0 Å². The van der Waals surface area contributed by atoms with Gasteiger partial charge in [-0.2, -0.15) is 0 Å². The molecule has 0 aliphatic carbocycles. The van der Waals surface area contributed by atoms with Crippen molar-refractivity contribution in [3.8, 4) is 11.4 Å². The number of benzene rings is 1. The van der Waals surface area contributed by atoms with Crippen LogP contribution < -0.4 is 4.90 Å². The molecule has 1 saturated heterocycles. The summed E-state index contributed by atoms with van der Waals surface area (Å²) in [5.74, 6) is 1.70. The monoisotopic (exact) mass is 379 g/mol. The molecule has 0 atom stereocenters. The molecule has 7 heteroatoms. The Kier molecular flexibility index (Phi) is 6.06. The van der Waals surface area contributed by atoms with Gasteiger partial charge in [-0.1, -0.05) is 12.1 Å². The highest BCUT2D eigenvalue weighted by molar-refractivity contribution is 5.91. The number of ether oxygens (including phenoxy) is 1. The maximum Gasteiger partial charge on any atom is 0.163 e. The van der Waals surface area contributed by atoms with Gasteiger partial charge in [0, 0.05) is 56.1 Å². The van der Waals surface area contributed by atoms with Crippen LogP contribution in [0.15, 0.2) is 48.8 Å². The van der Waals surface area contributed by atoms with E-state index in [4.69, 9.17) is 19.8 Å². The van der Waals surface area contributed by atoms with Crippen molar-refractivity contribution in [2.45, 2.75) is 0 Å². The number of piperazine rings is 1. The van der Waals surface area contributed by atoms with E-state index in [9.17, 15) is 0 Å². The van der Waals surface area contributed by atoms with Gasteiger partial charge in [0.25, 0.3) is 0 Å². The molecule has 0 unspecified atom stereocenters. The molecule has 1 N–H and O–H groups in total. The predicted octanol–water partition coefficient (Wildman–Crippen LogP) is 1.82. The SMILES string of the molecule is OCCOCCN1CCN(c2nc(-c3cccnc3)nc3ccccc23)CC1. The Labute approximate surface area is 164 Å². The molecule has 2 aromatic heterocycles.